The molecule has 3 rings (SSSR count). The van der Waals surface area contributed by atoms with E-state index in [4.69, 9.17) is 0 Å². The first kappa shape index (κ1) is 17.6. The summed E-state index contributed by atoms with van der Waals surface area (Å²) < 4.78 is 0. The minimum Gasteiger partial charge on any atom is -0.355 e. The van der Waals surface area contributed by atoms with E-state index in [0.29, 0.717) is 18.1 Å². The summed E-state index contributed by atoms with van der Waals surface area (Å²) in [6.07, 6.45) is 6.31. The molecule has 2 N–H and O–H groups in total. The Morgan fingerprint density at radius 1 is 1.04 bits per heavy atom. The van der Waals surface area contributed by atoms with Gasteiger partial charge in [-0.25, -0.2) is 4.98 Å². The molecule has 1 aromatic heterocycles. The number of aryl methyl sites for hydroxylation is 2. The molecule has 5 nitrogen and oxygen atoms in total. The van der Waals surface area contributed by atoms with E-state index in [-0.39, 0.29) is 18.2 Å². The second-order valence-electron chi connectivity index (χ2n) is 6.26. The van der Waals surface area contributed by atoms with Crippen LogP contribution in [0.15, 0.2) is 30.3 Å². The van der Waals surface area contributed by atoms with Crippen molar-refractivity contribution < 1.29 is 9.59 Å². The second-order valence-corrected chi connectivity index (χ2v) is 7.34. The van der Waals surface area contributed by atoms with Crippen molar-refractivity contribution in [3.8, 4) is 0 Å². The van der Waals surface area contributed by atoms with E-state index in [9.17, 15) is 9.59 Å². The molecule has 6 heteroatoms. The Hall–Kier alpha value is -2.21. The highest BCUT2D eigenvalue weighted by Gasteiger charge is 2.15. The first-order valence-corrected chi connectivity index (χ1v) is 9.61. The number of nitrogens with zero attached hydrogens (tertiary/aromatic N) is 1. The Balaban J connectivity index is 1.40. The van der Waals surface area contributed by atoms with E-state index in [1.807, 2.05) is 30.3 Å². The first-order valence-electron chi connectivity index (χ1n) is 8.80. The molecule has 0 fully saturated rings. The maximum atomic E-state index is 12.0. The molecular weight excluding hydrogens is 334 g/mol. The number of anilines is 1. The van der Waals surface area contributed by atoms with Crippen LogP contribution in [-0.4, -0.2) is 23.3 Å². The van der Waals surface area contributed by atoms with Gasteiger partial charge in [0.05, 0.1) is 12.1 Å². The number of aromatic nitrogens is 1. The van der Waals surface area contributed by atoms with Crippen molar-refractivity contribution in [2.45, 2.75) is 44.9 Å². The van der Waals surface area contributed by atoms with Gasteiger partial charge in [0.15, 0.2) is 5.13 Å². The lowest BCUT2D eigenvalue weighted by Crippen LogP contribution is -2.28. The van der Waals surface area contributed by atoms with Gasteiger partial charge in [-0.2, -0.15) is 0 Å². The maximum absolute atomic E-state index is 12.0. The van der Waals surface area contributed by atoms with Gasteiger partial charge in [-0.05, 0) is 31.2 Å². The predicted molar refractivity (Wildman–Crippen MR) is 99.8 cm³/mol. The molecule has 0 spiro atoms. The van der Waals surface area contributed by atoms with Gasteiger partial charge in [0, 0.05) is 17.8 Å². The normalized spacial score (nSPS) is 13.6. The number of hydrogen-bond donors (Lipinski definition) is 2. The van der Waals surface area contributed by atoms with Crippen LogP contribution in [0.5, 0.6) is 0 Å². The lowest BCUT2D eigenvalue weighted by Gasteiger charge is -2.05. The molecule has 0 radical (unpaired) electrons. The highest BCUT2D eigenvalue weighted by Crippen LogP contribution is 2.28. The fourth-order valence-electron chi connectivity index (χ4n) is 2.92. The monoisotopic (exact) mass is 357 g/mol. The molecule has 0 saturated heterocycles. The van der Waals surface area contributed by atoms with Gasteiger partial charge < -0.3 is 10.6 Å². The summed E-state index contributed by atoms with van der Waals surface area (Å²) in [5.74, 6) is -0.177. The number of amides is 2. The van der Waals surface area contributed by atoms with Gasteiger partial charge in [0.2, 0.25) is 11.8 Å². The lowest BCUT2D eigenvalue weighted by molar-refractivity contribution is -0.120. The third-order valence-corrected chi connectivity index (χ3v) is 5.30. The summed E-state index contributed by atoms with van der Waals surface area (Å²) in [4.78, 5) is 29.8. The van der Waals surface area contributed by atoms with Crippen LogP contribution < -0.4 is 10.6 Å². The number of hydrogen-bond acceptors (Lipinski definition) is 4. The van der Waals surface area contributed by atoms with Crippen molar-refractivity contribution in [2.75, 3.05) is 11.9 Å². The van der Waals surface area contributed by atoms with Gasteiger partial charge in [-0.3, -0.25) is 9.59 Å². The smallest absolute Gasteiger partial charge is 0.227 e. The average Bonchev–Trinajstić information content (AvgIpc) is 2.84. The van der Waals surface area contributed by atoms with Crippen molar-refractivity contribution in [1.82, 2.24) is 10.3 Å². The number of nitrogens with one attached hydrogen (secondary N) is 2. The summed E-state index contributed by atoms with van der Waals surface area (Å²) in [6.45, 7) is 0.336. The molecule has 0 bridgehead atoms. The van der Waals surface area contributed by atoms with E-state index in [1.165, 1.54) is 24.1 Å². The van der Waals surface area contributed by atoms with Gasteiger partial charge in [0.1, 0.15) is 0 Å². The SMILES string of the molecule is O=C(Cc1ccccc1)NCCC(=O)Nc1nc2c(s1)CCCCC2. The largest absolute Gasteiger partial charge is 0.355 e. The van der Waals surface area contributed by atoms with E-state index >= 15 is 0 Å². The highest BCUT2D eigenvalue weighted by molar-refractivity contribution is 7.15. The van der Waals surface area contributed by atoms with Crippen molar-refractivity contribution in [3.63, 3.8) is 0 Å². The first-order chi connectivity index (χ1) is 12.2. The molecule has 0 unspecified atom stereocenters. The highest BCUT2D eigenvalue weighted by atomic mass is 32.1. The minimum absolute atomic E-state index is 0.0695. The van der Waals surface area contributed by atoms with E-state index in [1.54, 1.807) is 11.3 Å². The molecule has 2 aromatic rings. The Bertz CT molecular complexity index is 704. The number of thiazole rings is 1. The van der Waals surface area contributed by atoms with E-state index < -0.39 is 0 Å². The molecule has 1 aromatic carbocycles. The summed E-state index contributed by atoms with van der Waals surface area (Å²) >= 11 is 1.59. The van der Waals surface area contributed by atoms with Crippen molar-refractivity contribution in [1.29, 1.82) is 0 Å². The fourth-order valence-corrected chi connectivity index (χ4v) is 3.99. The molecule has 0 atom stereocenters. The zero-order valence-corrected chi connectivity index (χ0v) is 15.0. The molecule has 0 aliphatic heterocycles. The topological polar surface area (TPSA) is 71.1 Å². The van der Waals surface area contributed by atoms with Gasteiger partial charge in [-0.1, -0.05) is 36.8 Å². The van der Waals surface area contributed by atoms with Crippen LogP contribution in [0.2, 0.25) is 0 Å². The predicted octanol–water partition coefficient (Wildman–Crippen LogP) is 3.10. The van der Waals surface area contributed by atoms with Crippen LogP contribution in [-0.2, 0) is 28.9 Å². The van der Waals surface area contributed by atoms with Crippen molar-refractivity contribution in [3.05, 3.63) is 46.5 Å². The number of carbonyl (C=O) groups is 2. The number of fused-ring (bicyclic) bond motifs is 1. The van der Waals surface area contributed by atoms with Crippen LogP contribution in [0.25, 0.3) is 0 Å². The van der Waals surface area contributed by atoms with E-state index in [2.05, 4.69) is 15.6 Å². The molecular formula is C19H23N3O2S. The van der Waals surface area contributed by atoms with Crippen molar-refractivity contribution in [2.24, 2.45) is 0 Å². The fraction of sp³-hybridized carbons (Fsp3) is 0.421. The summed E-state index contributed by atoms with van der Waals surface area (Å²) in [6, 6.07) is 9.57. The maximum Gasteiger partial charge on any atom is 0.227 e. The average molecular weight is 357 g/mol. The molecule has 132 valence electrons. The van der Waals surface area contributed by atoms with Crippen LogP contribution >= 0.6 is 11.3 Å². The third kappa shape index (κ3) is 5.39. The van der Waals surface area contributed by atoms with Gasteiger partial charge in [0.25, 0.3) is 0 Å². The lowest BCUT2D eigenvalue weighted by atomic mass is 10.1. The van der Waals surface area contributed by atoms with Gasteiger partial charge in [-0.15, -0.1) is 11.3 Å². The second kappa shape index (κ2) is 8.76. The summed E-state index contributed by atoms with van der Waals surface area (Å²) in [5.41, 5.74) is 2.11. The quantitative estimate of drug-likeness (QED) is 0.781. The van der Waals surface area contributed by atoms with Crippen LogP contribution in [0.4, 0.5) is 5.13 Å². The number of benzene rings is 1. The third-order valence-electron chi connectivity index (χ3n) is 4.22. The zero-order chi connectivity index (χ0) is 17.5. The van der Waals surface area contributed by atoms with Crippen LogP contribution in [0.3, 0.4) is 0 Å². The molecule has 0 saturated carbocycles. The zero-order valence-electron chi connectivity index (χ0n) is 14.2. The van der Waals surface area contributed by atoms with Crippen LogP contribution in [0.1, 0.15) is 41.8 Å². The number of carbonyl (C=O) groups excluding carboxylic acids is 2. The Kier molecular flexibility index (Phi) is 6.17. The number of rotatable bonds is 6. The summed E-state index contributed by atoms with van der Waals surface area (Å²) in [5, 5.41) is 6.34. The molecule has 1 heterocycles. The Labute approximate surface area is 151 Å². The van der Waals surface area contributed by atoms with E-state index in [0.717, 1.165) is 24.1 Å². The minimum atomic E-state index is -0.107. The Morgan fingerprint density at radius 2 is 1.84 bits per heavy atom. The standard InChI is InChI=1S/C19H23N3O2S/c23-17(11-12-20-18(24)13-14-7-3-1-4-8-14)22-19-21-15-9-5-2-6-10-16(15)25-19/h1,3-4,7-8H,2,5-6,9-13H2,(H,20,24)(H,21,22,23). The Morgan fingerprint density at radius 3 is 2.68 bits per heavy atom. The van der Waals surface area contributed by atoms with Crippen molar-refractivity contribution >= 4 is 28.3 Å². The molecule has 25 heavy (non-hydrogen) atoms. The molecule has 1 aliphatic carbocycles. The van der Waals surface area contributed by atoms with Crippen LogP contribution in [0, 0.1) is 0 Å². The summed E-state index contributed by atoms with van der Waals surface area (Å²) in [7, 11) is 0. The molecule has 1 aliphatic rings. The molecule has 2 amide bonds. The van der Waals surface area contributed by atoms with Gasteiger partial charge >= 0.3 is 0 Å².